The van der Waals surface area contributed by atoms with Gasteiger partial charge < -0.3 is 9.84 Å². The number of fused-ring (bicyclic) bond motifs is 2. The normalized spacial score (nSPS) is 28.4. The van der Waals surface area contributed by atoms with Gasteiger partial charge in [-0.3, -0.25) is 0 Å². The summed E-state index contributed by atoms with van der Waals surface area (Å²) in [6.07, 6.45) is 7.35. The van der Waals surface area contributed by atoms with E-state index in [0.29, 0.717) is 6.42 Å². The van der Waals surface area contributed by atoms with Crippen LogP contribution in [0.25, 0.3) is 11.1 Å². The first-order valence-corrected chi connectivity index (χ1v) is 8.58. The molecule has 0 fully saturated rings. The summed E-state index contributed by atoms with van der Waals surface area (Å²) in [5, 5.41) is 20.8. The first kappa shape index (κ1) is 14.4. The smallest absolute Gasteiger partial charge is 0.123 e. The molecule has 2 aromatic rings. The van der Waals surface area contributed by atoms with Crippen molar-refractivity contribution in [2.45, 2.75) is 24.4 Å². The highest BCUT2D eigenvalue weighted by Crippen LogP contribution is 2.54. The standard InChI is InChI=1S/C22H17NO2/c23-13-22-8-4-7-15-12-25-20(21(15)22)10-16-9-17(19(24)11-18(16)22)14-5-2-1-3-6-14/h1-7,9,11-12,20-21,24H,8,10H2/t20-,21-,22-/m1/s1. The van der Waals surface area contributed by atoms with Crippen LogP contribution >= 0.6 is 0 Å². The molecule has 1 heterocycles. The molecule has 0 spiro atoms. The molecule has 0 aromatic heterocycles. The van der Waals surface area contributed by atoms with E-state index in [9.17, 15) is 10.4 Å². The lowest BCUT2D eigenvalue weighted by Crippen LogP contribution is -2.46. The second-order valence-corrected chi connectivity index (χ2v) is 7.06. The minimum atomic E-state index is -0.651. The molecule has 1 aliphatic heterocycles. The van der Waals surface area contributed by atoms with Crippen LogP contribution in [0.4, 0.5) is 0 Å². The SMILES string of the molecule is N#C[C@]12CC=CC3=CO[C@H](Cc4cc(-c5ccccc5)c(O)cc41)[C@@H]32. The lowest BCUT2D eigenvalue weighted by molar-refractivity contribution is 0.0967. The molecule has 3 heteroatoms. The van der Waals surface area contributed by atoms with Crippen LogP contribution in [0.1, 0.15) is 17.5 Å². The van der Waals surface area contributed by atoms with Gasteiger partial charge in [0.25, 0.3) is 0 Å². The fraction of sp³-hybridized carbons (Fsp3) is 0.227. The number of aromatic hydroxyl groups is 1. The van der Waals surface area contributed by atoms with Crippen LogP contribution in [-0.4, -0.2) is 11.2 Å². The summed E-state index contributed by atoms with van der Waals surface area (Å²) in [4.78, 5) is 0. The van der Waals surface area contributed by atoms with Crippen LogP contribution in [0.2, 0.25) is 0 Å². The second-order valence-electron chi connectivity index (χ2n) is 7.06. The number of phenols is 1. The highest BCUT2D eigenvalue weighted by molar-refractivity contribution is 5.73. The average Bonchev–Trinajstić information content (AvgIpc) is 3.07. The van der Waals surface area contributed by atoms with Crippen molar-refractivity contribution >= 4 is 0 Å². The van der Waals surface area contributed by atoms with Gasteiger partial charge in [0, 0.05) is 17.9 Å². The van der Waals surface area contributed by atoms with Crippen molar-refractivity contribution < 1.29 is 9.84 Å². The van der Waals surface area contributed by atoms with Crippen molar-refractivity contribution in [3.8, 4) is 22.9 Å². The third kappa shape index (κ3) is 1.85. The highest BCUT2D eigenvalue weighted by atomic mass is 16.5. The number of allylic oxidation sites excluding steroid dienone is 2. The van der Waals surface area contributed by atoms with Crippen LogP contribution < -0.4 is 0 Å². The molecular formula is C22H17NO2. The fourth-order valence-corrected chi connectivity index (χ4v) is 4.69. The summed E-state index contributed by atoms with van der Waals surface area (Å²) in [5.41, 5.74) is 4.28. The highest BCUT2D eigenvalue weighted by Gasteiger charge is 2.54. The van der Waals surface area contributed by atoms with Crippen molar-refractivity contribution in [3.63, 3.8) is 0 Å². The van der Waals surface area contributed by atoms with Crippen molar-refractivity contribution in [1.29, 1.82) is 5.26 Å². The summed E-state index contributed by atoms with van der Waals surface area (Å²) in [5.74, 6) is 0.286. The largest absolute Gasteiger partial charge is 0.507 e. The molecule has 0 amide bonds. The van der Waals surface area contributed by atoms with Crippen LogP contribution in [-0.2, 0) is 16.6 Å². The maximum absolute atomic E-state index is 10.7. The van der Waals surface area contributed by atoms with E-state index in [0.717, 1.165) is 34.2 Å². The van der Waals surface area contributed by atoms with E-state index >= 15 is 0 Å². The molecule has 122 valence electrons. The number of ether oxygens (including phenoxy) is 1. The van der Waals surface area contributed by atoms with Crippen molar-refractivity contribution in [3.05, 3.63) is 77.6 Å². The number of benzene rings is 2. The van der Waals surface area contributed by atoms with E-state index in [-0.39, 0.29) is 17.8 Å². The second kappa shape index (κ2) is 5.00. The predicted molar refractivity (Wildman–Crippen MR) is 94.7 cm³/mol. The van der Waals surface area contributed by atoms with Gasteiger partial charge >= 0.3 is 0 Å². The Morgan fingerprint density at radius 2 is 2.04 bits per heavy atom. The topological polar surface area (TPSA) is 53.2 Å². The number of phenolic OH excluding ortho intramolecular Hbond substituents is 1. The first-order valence-electron chi connectivity index (χ1n) is 8.58. The number of rotatable bonds is 1. The van der Waals surface area contributed by atoms with E-state index in [1.165, 1.54) is 0 Å². The van der Waals surface area contributed by atoms with Crippen molar-refractivity contribution in [2.24, 2.45) is 5.92 Å². The zero-order chi connectivity index (χ0) is 17.0. The van der Waals surface area contributed by atoms with Gasteiger partial charge in [0.05, 0.1) is 17.7 Å². The van der Waals surface area contributed by atoms with Gasteiger partial charge in [-0.15, -0.1) is 0 Å². The van der Waals surface area contributed by atoms with Gasteiger partial charge in [-0.1, -0.05) is 42.5 Å². The maximum atomic E-state index is 10.7. The van der Waals surface area contributed by atoms with Crippen LogP contribution in [0.3, 0.4) is 0 Å². The average molecular weight is 327 g/mol. The molecule has 3 atom stereocenters. The third-order valence-electron chi connectivity index (χ3n) is 5.80. The lowest BCUT2D eigenvalue weighted by atomic mass is 9.57. The summed E-state index contributed by atoms with van der Waals surface area (Å²) < 4.78 is 5.90. The number of hydrogen-bond donors (Lipinski definition) is 1. The van der Waals surface area contributed by atoms with Gasteiger partial charge in [-0.2, -0.15) is 5.26 Å². The summed E-state index contributed by atoms with van der Waals surface area (Å²) in [6.45, 7) is 0. The lowest BCUT2D eigenvalue weighted by Gasteiger charge is -2.43. The van der Waals surface area contributed by atoms with Gasteiger partial charge in [-0.05, 0) is 40.8 Å². The summed E-state index contributed by atoms with van der Waals surface area (Å²) in [7, 11) is 0. The maximum Gasteiger partial charge on any atom is 0.123 e. The Bertz CT molecular complexity index is 968. The Hall–Kier alpha value is -2.99. The Kier molecular flexibility index (Phi) is 2.87. The molecule has 0 radical (unpaired) electrons. The molecule has 5 rings (SSSR count). The van der Waals surface area contributed by atoms with E-state index < -0.39 is 5.41 Å². The zero-order valence-electron chi connectivity index (χ0n) is 13.6. The Balaban J connectivity index is 1.73. The molecule has 3 aliphatic rings. The number of nitrogens with zero attached hydrogens (tertiary/aromatic N) is 1. The molecule has 1 N–H and O–H groups in total. The molecular weight excluding hydrogens is 310 g/mol. The predicted octanol–water partition coefficient (Wildman–Crippen LogP) is 4.24. The first-order chi connectivity index (χ1) is 12.2. The van der Waals surface area contributed by atoms with Gasteiger partial charge in [-0.25, -0.2) is 0 Å². The van der Waals surface area contributed by atoms with Crippen LogP contribution in [0, 0.1) is 17.2 Å². The van der Waals surface area contributed by atoms with Crippen LogP contribution in [0.15, 0.2) is 66.5 Å². The molecule has 0 saturated heterocycles. The van der Waals surface area contributed by atoms with Gasteiger partial charge in [0.1, 0.15) is 11.9 Å². The molecule has 2 aliphatic carbocycles. The minimum Gasteiger partial charge on any atom is -0.507 e. The van der Waals surface area contributed by atoms with E-state index in [1.54, 1.807) is 6.26 Å². The van der Waals surface area contributed by atoms with Crippen molar-refractivity contribution in [2.75, 3.05) is 0 Å². The number of nitriles is 1. The zero-order valence-corrected chi connectivity index (χ0v) is 13.6. The van der Waals surface area contributed by atoms with Crippen LogP contribution in [0.5, 0.6) is 5.75 Å². The van der Waals surface area contributed by atoms with Crippen molar-refractivity contribution in [1.82, 2.24) is 0 Å². The molecule has 0 bridgehead atoms. The minimum absolute atomic E-state index is 0.000246. The Morgan fingerprint density at radius 3 is 2.84 bits per heavy atom. The molecule has 25 heavy (non-hydrogen) atoms. The summed E-state index contributed by atoms with van der Waals surface area (Å²) in [6, 6.07) is 16.3. The van der Waals surface area contributed by atoms with E-state index in [1.807, 2.05) is 42.5 Å². The summed E-state index contributed by atoms with van der Waals surface area (Å²) >= 11 is 0. The number of hydrogen-bond acceptors (Lipinski definition) is 3. The Labute approximate surface area is 146 Å². The molecule has 0 unspecified atom stereocenters. The van der Waals surface area contributed by atoms with E-state index in [4.69, 9.17) is 4.74 Å². The van der Waals surface area contributed by atoms with Gasteiger partial charge in [0.2, 0.25) is 0 Å². The van der Waals surface area contributed by atoms with Gasteiger partial charge in [0.15, 0.2) is 0 Å². The Morgan fingerprint density at radius 1 is 1.20 bits per heavy atom. The molecule has 3 nitrogen and oxygen atoms in total. The molecule has 0 saturated carbocycles. The van der Waals surface area contributed by atoms with E-state index in [2.05, 4.69) is 18.2 Å². The fourth-order valence-electron chi connectivity index (χ4n) is 4.69. The quantitative estimate of drug-likeness (QED) is 0.852. The monoisotopic (exact) mass is 327 g/mol. The third-order valence-corrected chi connectivity index (χ3v) is 5.80. The molecule has 2 aromatic carbocycles.